The molecule has 0 aromatic heterocycles. The van der Waals surface area contributed by atoms with E-state index in [0.29, 0.717) is 11.1 Å². The summed E-state index contributed by atoms with van der Waals surface area (Å²) in [5, 5.41) is 4.00. The van der Waals surface area contributed by atoms with Crippen molar-refractivity contribution < 1.29 is 5.48 Å². The van der Waals surface area contributed by atoms with Gasteiger partial charge in [0.15, 0.2) is 0 Å². The van der Waals surface area contributed by atoms with Gasteiger partial charge in [0.2, 0.25) is 0 Å². The predicted molar refractivity (Wildman–Crippen MR) is 218 cm³/mol. The highest BCUT2D eigenvalue weighted by Gasteiger charge is 2.17. The van der Waals surface area contributed by atoms with Crippen molar-refractivity contribution in [2.45, 2.75) is 0 Å². The highest BCUT2D eigenvalue weighted by atomic mass is 15.1. The Morgan fingerprint density at radius 1 is 0.333 bits per heavy atom. The summed E-state index contributed by atoms with van der Waals surface area (Å²) in [6.07, 6.45) is 0. The summed E-state index contributed by atoms with van der Waals surface area (Å²) in [6.45, 7) is 0. The molecule has 0 radical (unpaired) electrons. The van der Waals surface area contributed by atoms with Gasteiger partial charge < -0.3 is 4.90 Å². The first-order valence-electron chi connectivity index (χ1n) is 19.2. The van der Waals surface area contributed by atoms with Crippen molar-refractivity contribution in [2.75, 3.05) is 4.90 Å². The number of hydrogen-bond donors (Lipinski definition) is 0. The van der Waals surface area contributed by atoms with Crippen molar-refractivity contribution >= 4 is 38.6 Å². The molecule has 0 N–H and O–H groups in total. The molecule has 1 nitrogen and oxygen atoms in total. The van der Waals surface area contributed by atoms with Crippen LogP contribution >= 0.6 is 0 Å². The maximum atomic E-state index is 9.73. The normalized spacial score (nSPS) is 12.2. The summed E-state index contributed by atoms with van der Waals surface area (Å²) in [4.78, 5) is 1.93. The second kappa shape index (κ2) is 13.3. The van der Waals surface area contributed by atoms with Crippen molar-refractivity contribution in [1.82, 2.24) is 0 Å². The molecule has 0 aliphatic heterocycles. The molecular formula is C50H35N. The van der Waals surface area contributed by atoms with Gasteiger partial charge >= 0.3 is 0 Å². The molecule has 9 rings (SSSR count). The molecule has 1 heteroatoms. The molecule has 0 aliphatic carbocycles. The minimum Gasteiger partial charge on any atom is -0.310 e. The van der Waals surface area contributed by atoms with Gasteiger partial charge in [-0.05, 0) is 115 Å². The van der Waals surface area contributed by atoms with E-state index in [9.17, 15) is 2.74 Å². The molecule has 0 bridgehead atoms. The highest BCUT2D eigenvalue weighted by Crippen LogP contribution is 2.41. The van der Waals surface area contributed by atoms with Crippen molar-refractivity contribution in [2.24, 2.45) is 0 Å². The fourth-order valence-electron chi connectivity index (χ4n) is 6.92. The zero-order valence-corrected chi connectivity index (χ0v) is 27.8. The number of hydrogen-bond acceptors (Lipinski definition) is 1. The van der Waals surface area contributed by atoms with E-state index in [4.69, 9.17) is 2.74 Å². The Balaban J connectivity index is 1.24. The Kier molecular flexibility index (Phi) is 6.84. The first-order chi connectivity index (χ1) is 26.9. The monoisotopic (exact) mass is 653 g/mol. The van der Waals surface area contributed by atoms with Gasteiger partial charge in [-0.2, -0.15) is 0 Å². The maximum Gasteiger partial charge on any atom is 0.0651 e. The summed E-state index contributed by atoms with van der Waals surface area (Å²) in [6, 6.07) is 63.2. The summed E-state index contributed by atoms with van der Waals surface area (Å²) in [5.74, 6) is 0. The molecule has 0 saturated heterocycles. The number of benzene rings is 9. The molecule has 240 valence electrons. The largest absolute Gasteiger partial charge is 0.310 e. The Bertz CT molecular complexity index is 2790. The summed E-state index contributed by atoms with van der Waals surface area (Å²) in [7, 11) is 0. The Labute approximate surface area is 305 Å². The standard InChI is InChI=1S/C50H35N/c1-3-13-36(14-4-1)44-32-45(37-15-5-2-6-16-37)34-46(33-44)39-27-29-47(30-28-39)51(50-24-12-20-40-18-9-10-23-49(40)50)48-22-11-21-42(35-48)43-26-25-38-17-7-8-19-41(38)31-43/h1-35H/i11D,21D,22D,35D. The lowest BCUT2D eigenvalue weighted by Crippen LogP contribution is -2.10. The first-order valence-corrected chi connectivity index (χ1v) is 17.2. The van der Waals surface area contributed by atoms with Gasteiger partial charge in [0.1, 0.15) is 0 Å². The van der Waals surface area contributed by atoms with Crippen LogP contribution in [0.4, 0.5) is 17.1 Å². The lowest BCUT2D eigenvalue weighted by molar-refractivity contribution is 1.30. The van der Waals surface area contributed by atoms with E-state index >= 15 is 0 Å². The van der Waals surface area contributed by atoms with Crippen molar-refractivity contribution in [3.8, 4) is 44.5 Å². The highest BCUT2D eigenvalue weighted by molar-refractivity contribution is 5.99. The molecular weight excluding hydrogens is 615 g/mol. The van der Waals surface area contributed by atoms with Gasteiger partial charge in [-0.1, -0.05) is 158 Å². The van der Waals surface area contributed by atoms with Gasteiger partial charge in [0.25, 0.3) is 0 Å². The fraction of sp³-hybridized carbons (Fsp3) is 0. The summed E-state index contributed by atoms with van der Waals surface area (Å²) in [5.41, 5.74) is 9.38. The molecule has 0 spiro atoms. The minimum atomic E-state index is -0.220. The summed E-state index contributed by atoms with van der Waals surface area (Å²) >= 11 is 0. The number of nitrogens with zero attached hydrogens (tertiary/aromatic N) is 1. The minimum absolute atomic E-state index is 0.0290. The zero-order chi connectivity index (χ0) is 37.5. The topological polar surface area (TPSA) is 3.24 Å². The van der Waals surface area contributed by atoms with Crippen LogP contribution in [0.15, 0.2) is 212 Å². The fourth-order valence-corrected chi connectivity index (χ4v) is 6.92. The summed E-state index contributed by atoms with van der Waals surface area (Å²) < 4.78 is 37.1. The maximum absolute atomic E-state index is 9.73. The smallest absolute Gasteiger partial charge is 0.0651 e. The molecule has 0 aliphatic rings. The van der Waals surface area contributed by atoms with Crippen molar-refractivity contribution in [1.29, 1.82) is 0 Å². The third-order valence-corrected chi connectivity index (χ3v) is 9.49. The molecule has 0 fully saturated rings. The van der Waals surface area contributed by atoms with E-state index in [0.717, 1.165) is 66.3 Å². The predicted octanol–water partition coefficient (Wildman–Crippen LogP) is 14.1. The van der Waals surface area contributed by atoms with E-state index in [-0.39, 0.29) is 29.9 Å². The van der Waals surface area contributed by atoms with Gasteiger partial charge in [0.05, 0.1) is 11.2 Å². The Hall–Kier alpha value is -6.70. The Morgan fingerprint density at radius 3 is 1.57 bits per heavy atom. The second-order valence-corrected chi connectivity index (χ2v) is 12.7. The molecule has 0 unspecified atom stereocenters. The number of anilines is 3. The van der Waals surface area contributed by atoms with Gasteiger partial charge in [-0.25, -0.2) is 0 Å². The Morgan fingerprint density at radius 2 is 0.882 bits per heavy atom. The van der Waals surface area contributed by atoms with Crippen molar-refractivity contribution in [3.05, 3.63) is 212 Å². The van der Waals surface area contributed by atoms with E-state index in [1.165, 1.54) is 0 Å². The van der Waals surface area contributed by atoms with Crippen LogP contribution in [0.3, 0.4) is 0 Å². The number of fused-ring (bicyclic) bond motifs is 2. The third kappa shape index (κ3) is 6.07. The van der Waals surface area contributed by atoms with Crippen LogP contribution in [0.25, 0.3) is 66.1 Å². The van der Waals surface area contributed by atoms with Crippen LogP contribution in [0.2, 0.25) is 0 Å². The van der Waals surface area contributed by atoms with E-state index in [2.05, 4.69) is 91.0 Å². The van der Waals surface area contributed by atoms with Crippen LogP contribution in [0.5, 0.6) is 0 Å². The number of rotatable bonds is 7. The lowest BCUT2D eigenvalue weighted by atomic mass is 9.93. The second-order valence-electron chi connectivity index (χ2n) is 12.7. The molecule has 0 atom stereocenters. The molecule has 9 aromatic rings. The van der Waals surface area contributed by atoms with E-state index in [1.54, 1.807) is 0 Å². The van der Waals surface area contributed by atoms with Gasteiger partial charge in [-0.15, -0.1) is 0 Å². The molecule has 51 heavy (non-hydrogen) atoms. The molecule has 0 heterocycles. The van der Waals surface area contributed by atoms with Crippen molar-refractivity contribution in [3.63, 3.8) is 0 Å². The molecule has 0 saturated carbocycles. The molecule has 9 aromatic carbocycles. The molecule has 0 amide bonds. The third-order valence-electron chi connectivity index (χ3n) is 9.49. The quantitative estimate of drug-likeness (QED) is 0.165. The van der Waals surface area contributed by atoms with Gasteiger partial charge in [-0.3, -0.25) is 0 Å². The average Bonchev–Trinajstić information content (AvgIpc) is 3.25. The average molecular weight is 654 g/mol. The van der Waals surface area contributed by atoms with Crippen LogP contribution in [0.1, 0.15) is 5.48 Å². The van der Waals surface area contributed by atoms with Crippen LogP contribution in [-0.2, 0) is 0 Å². The van der Waals surface area contributed by atoms with E-state index in [1.807, 2.05) is 102 Å². The van der Waals surface area contributed by atoms with Crippen LogP contribution < -0.4 is 4.90 Å². The SMILES string of the molecule is [2H]c1c([2H])c(-c2ccc3ccccc3c2)c([2H])c(N(c2ccc(-c3cc(-c4ccccc4)cc(-c4ccccc4)c3)cc2)c2cccc3ccccc23)c1[2H]. The van der Waals surface area contributed by atoms with Crippen LogP contribution in [0, 0.1) is 0 Å². The van der Waals surface area contributed by atoms with Crippen LogP contribution in [-0.4, -0.2) is 0 Å². The first kappa shape index (κ1) is 26.2. The van der Waals surface area contributed by atoms with E-state index < -0.39 is 0 Å². The zero-order valence-electron chi connectivity index (χ0n) is 31.8. The lowest BCUT2D eigenvalue weighted by Gasteiger charge is -2.27. The van der Waals surface area contributed by atoms with Gasteiger partial charge in [0, 0.05) is 16.8 Å².